The van der Waals surface area contributed by atoms with Gasteiger partial charge in [-0.2, -0.15) is 0 Å². The highest BCUT2D eigenvalue weighted by atomic mass is 16.5. The van der Waals surface area contributed by atoms with E-state index in [4.69, 9.17) is 4.74 Å². The number of ether oxygens (including phenoxy) is 1. The maximum atomic E-state index is 5.84. The van der Waals surface area contributed by atoms with E-state index in [9.17, 15) is 0 Å². The van der Waals surface area contributed by atoms with Crippen LogP contribution < -0.4 is 5.32 Å². The molecule has 1 aliphatic carbocycles. The first-order chi connectivity index (χ1) is 8.99. The van der Waals surface area contributed by atoms with Crippen LogP contribution in [-0.2, 0) is 23.1 Å². The Morgan fingerprint density at radius 1 is 1.00 bits per heavy atom. The van der Waals surface area contributed by atoms with Crippen molar-refractivity contribution in [3.8, 4) is 0 Å². The molecule has 0 bridgehead atoms. The topological polar surface area (TPSA) is 21.3 Å². The largest absolute Gasteiger partial charge is 0.377 e. The molecule has 19 heavy (non-hydrogen) atoms. The summed E-state index contributed by atoms with van der Waals surface area (Å²) < 4.78 is 5.84. The third-order valence-electron chi connectivity index (χ3n) is 4.45. The third kappa shape index (κ3) is 2.56. The van der Waals surface area contributed by atoms with Gasteiger partial charge in [-0.15, -0.1) is 0 Å². The maximum Gasteiger partial charge on any atom is 0.0688 e. The predicted molar refractivity (Wildman–Crippen MR) is 78.5 cm³/mol. The van der Waals surface area contributed by atoms with Gasteiger partial charge in [0.25, 0.3) is 0 Å². The first-order valence-electron chi connectivity index (χ1n) is 7.48. The van der Waals surface area contributed by atoms with Crippen molar-refractivity contribution >= 4 is 0 Å². The van der Waals surface area contributed by atoms with Gasteiger partial charge in [-0.1, -0.05) is 18.2 Å². The fraction of sp³-hybridized carbons (Fsp3) is 0.647. The van der Waals surface area contributed by atoms with Gasteiger partial charge in [0, 0.05) is 5.54 Å². The lowest BCUT2D eigenvalue weighted by Crippen LogP contribution is -2.60. The summed E-state index contributed by atoms with van der Waals surface area (Å²) in [6, 6.07) is 7.03. The van der Waals surface area contributed by atoms with E-state index in [2.05, 4.69) is 44.3 Å². The van der Waals surface area contributed by atoms with Crippen LogP contribution in [-0.4, -0.2) is 18.8 Å². The minimum Gasteiger partial charge on any atom is -0.377 e. The molecule has 0 saturated carbocycles. The Kier molecular flexibility index (Phi) is 3.18. The first-order valence-corrected chi connectivity index (χ1v) is 7.48. The molecule has 1 aromatic rings. The van der Waals surface area contributed by atoms with Crippen LogP contribution in [0.2, 0.25) is 0 Å². The average Bonchev–Trinajstić information content (AvgIpc) is 2.36. The van der Waals surface area contributed by atoms with Gasteiger partial charge in [-0.25, -0.2) is 0 Å². The lowest BCUT2D eigenvalue weighted by molar-refractivity contribution is -0.0264. The van der Waals surface area contributed by atoms with Crippen LogP contribution in [0, 0.1) is 0 Å². The molecule has 104 valence electrons. The zero-order valence-corrected chi connectivity index (χ0v) is 12.4. The van der Waals surface area contributed by atoms with E-state index in [-0.39, 0.29) is 11.1 Å². The van der Waals surface area contributed by atoms with E-state index in [0.29, 0.717) is 0 Å². The van der Waals surface area contributed by atoms with E-state index < -0.39 is 0 Å². The summed E-state index contributed by atoms with van der Waals surface area (Å²) in [4.78, 5) is 0. The minimum absolute atomic E-state index is 0.0445. The van der Waals surface area contributed by atoms with Crippen molar-refractivity contribution in [2.45, 2.75) is 57.5 Å². The second-order valence-corrected chi connectivity index (χ2v) is 7.02. The fourth-order valence-electron chi connectivity index (χ4n) is 3.56. The monoisotopic (exact) mass is 259 g/mol. The number of morpholine rings is 1. The number of fused-ring (bicyclic) bond motifs is 1. The summed E-state index contributed by atoms with van der Waals surface area (Å²) in [7, 11) is 0. The van der Waals surface area contributed by atoms with E-state index >= 15 is 0 Å². The number of aryl methyl sites for hydroxylation is 2. The minimum atomic E-state index is -0.0613. The van der Waals surface area contributed by atoms with Crippen LogP contribution in [0.15, 0.2) is 18.2 Å². The molecule has 1 N–H and O–H groups in total. The molecule has 1 aromatic carbocycles. The van der Waals surface area contributed by atoms with Gasteiger partial charge in [0.15, 0.2) is 0 Å². The number of rotatable bonds is 1. The first kappa shape index (κ1) is 13.1. The highest BCUT2D eigenvalue weighted by molar-refractivity contribution is 5.37. The third-order valence-corrected chi connectivity index (χ3v) is 4.45. The second-order valence-electron chi connectivity index (χ2n) is 7.02. The van der Waals surface area contributed by atoms with E-state index in [1.807, 2.05) is 0 Å². The number of hydrogen-bond acceptors (Lipinski definition) is 2. The molecule has 1 unspecified atom stereocenters. The predicted octanol–water partition coefficient (Wildman–Crippen LogP) is 3.18. The van der Waals surface area contributed by atoms with Crippen molar-refractivity contribution in [1.82, 2.24) is 5.32 Å². The van der Waals surface area contributed by atoms with Crippen LogP contribution in [0.3, 0.4) is 0 Å². The highest BCUT2D eigenvalue weighted by Crippen LogP contribution is 2.31. The van der Waals surface area contributed by atoms with Gasteiger partial charge in [0.1, 0.15) is 0 Å². The highest BCUT2D eigenvalue weighted by Gasteiger charge is 2.38. The van der Waals surface area contributed by atoms with Crippen LogP contribution in [0.4, 0.5) is 0 Å². The van der Waals surface area contributed by atoms with Crippen LogP contribution >= 0.6 is 0 Å². The maximum absolute atomic E-state index is 5.84. The second kappa shape index (κ2) is 4.60. The molecule has 1 heterocycles. The standard InChI is InChI=1S/C17H25NO/c1-16(2)11-19-12-17(3,18-16)15-9-8-13-6-4-5-7-14(13)10-15/h8-10,18H,4-7,11-12H2,1-3H3. The zero-order chi connectivity index (χ0) is 13.5. The normalized spacial score (nSPS) is 29.8. The summed E-state index contributed by atoms with van der Waals surface area (Å²) in [6.45, 7) is 8.23. The van der Waals surface area contributed by atoms with Crippen LogP contribution in [0.1, 0.15) is 50.3 Å². The van der Waals surface area contributed by atoms with Crippen molar-refractivity contribution in [2.75, 3.05) is 13.2 Å². The van der Waals surface area contributed by atoms with E-state index in [1.165, 1.54) is 31.2 Å². The van der Waals surface area contributed by atoms with Crippen molar-refractivity contribution < 1.29 is 4.74 Å². The van der Waals surface area contributed by atoms with Gasteiger partial charge in [-0.05, 0) is 63.1 Å². The zero-order valence-electron chi connectivity index (χ0n) is 12.4. The summed E-state index contributed by atoms with van der Waals surface area (Å²) in [5.74, 6) is 0. The molecule has 2 heteroatoms. The Morgan fingerprint density at radius 2 is 1.74 bits per heavy atom. The Bertz CT molecular complexity index is 480. The van der Waals surface area contributed by atoms with E-state index in [0.717, 1.165) is 13.2 Å². The molecule has 0 amide bonds. The Labute approximate surface area is 116 Å². The molecule has 2 nitrogen and oxygen atoms in total. The van der Waals surface area contributed by atoms with E-state index in [1.54, 1.807) is 11.1 Å². The van der Waals surface area contributed by atoms with Gasteiger partial charge in [-0.3, -0.25) is 5.32 Å². The summed E-state index contributed by atoms with van der Waals surface area (Å²) in [5.41, 5.74) is 4.46. The fourth-order valence-corrected chi connectivity index (χ4v) is 3.56. The summed E-state index contributed by atoms with van der Waals surface area (Å²) in [5, 5.41) is 3.77. The van der Waals surface area contributed by atoms with Gasteiger partial charge in [0.2, 0.25) is 0 Å². The smallest absolute Gasteiger partial charge is 0.0688 e. The molecule has 0 radical (unpaired) electrons. The molecule has 0 spiro atoms. The van der Waals surface area contributed by atoms with Crippen molar-refractivity contribution in [1.29, 1.82) is 0 Å². The molecule has 1 atom stereocenters. The number of nitrogens with one attached hydrogen (secondary N) is 1. The molecule has 1 fully saturated rings. The Balaban J connectivity index is 1.92. The quantitative estimate of drug-likeness (QED) is 0.836. The van der Waals surface area contributed by atoms with Crippen molar-refractivity contribution in [2.24, 2.45) is 0 Å². The van der Waals surface area contributed by atoms with Crippen molar-refractivity contribution in [3.05, 3.63) is 34.9 Å². The molecule has 0 aromatic heterocycles. The van der Waals surface area contributed by atoms with Crippen LogP contribution in [0.5, 0.6) is 0 Å². The average molecular weight is 259 g/mol. The molecule has 1 aliphatic heterocycles. The van der Waals surface area contributed by atoms with Crippen molar-refractivity contribution in [3.63, 3.8) is 0 Å². The summed E-state index contributed by atoms with van der Waals surface area (Å²) in [6.07, 6.45) is 5.17. The van der Waals surface area contributed by atoms with Crippen LogP contribution in [0.25, 0.3) is 0 Å². The summed E-state index contributed by atoms with van der Waals surface area (Å²) >= 11 is 0. The molecular weight excluding hydrogens is 234 g/mol. The lowest BCUT2D eigenvalue weighted by Gasteiger charge is -2.44. The van der Waals surface area contributed by atoms with Gasteiger partial charge in [0.05, 0.1) is 18.8 Å². The van der Waals surface area contributed by atoms with Gasteiger partial charge < -0.3 is 4.74 Å². The lowest BCUT2D eigenvalue weighted by atomic mass is 9.83. The molecular formula is C17H25NO. The molecule has 2 aliphatic rings. The SMILES string of the molecule is CC1(C)COCC(C)(c2ccc3c(c2)CCCC3)N1. The molecule has 3 rings (SSSR count). The number of hydrogen-bond donors (Lipinski definition) is 1. The Hall–Kier alpha value is -0.860. The Morgan fingerprint density at radius 3 is 2.47 bits per heavy atom. The number of benzene rings is 1. The molecule has 1 saturated heterocycles. The van der Waals surface area contributed by atoms with Gasteiger partial charge >= 0.3 is 0 Å².